The van der Waals surface area contributed by atoms with Crippen molar-refractivity contribution >= 4 is 11.3 Å². The van der Waals surface area contributed by atoms with Crippen LogP contribution in [0.25, 0.3) is 16.1 Å². The first-order valence-corrected chi connectivity index (χ1v) is 5.61. The van der Waals surface area contributed by atoms with Crippen LogP contribution in [0, 0.1) is 6.57 Å². The normalized spacial score (nSPS) is 10.5. The van der Waals surface area contributed by atoms with E-state index in [0.717, 1.165) is 0 Å². The molecule has 0 bridgehead atoms. The highest BCUT2D eigenvalue weighted by Crippen LogP contribution is 2.23. The molecule has 0 aliphatic carbocycles. The monoisotopic (exact) mass is 251 g/mol. The fourth-order valence-electron chi connectivity index (χ4n) is 1.27. The van der Waals surface area contributed by atoms with Gasteiger partial charge in [0.25, 0.3) is 13.0 Å². The van der Waals surface area contributed by atoms with Gasteiger partial charge in [-0.15, -0.1) is 11.3 Å². The Hall–Kier alpha value is -1.87. The van der Waals surface area contributed by atoms with Crippen LogP contribution < -0.4 is 0 Å². The first kappa shape index (κ1) is 11.6. The second-order valence-corrected chi connectivity index (χ2v) is 4.16. The van der Waals surface area contributed by atoms with Gasteiger partial charge in [0.15, 0.2) is 5.01 Å². The van der Waals surface area contributed by atoms with Gasteiger partial charge in [-0.2, -0.15) is 0 Å². The highest BCUT2D eigenvalue weighted by atomic mass is 32.1. The van der Waals surface area contributed by atoms with Gasteiger partial charge in [0, 0.05) is 17.1 Å². The molecule has 0 fully saturated rings. The van der Waals surface area contributed by atoms with Crippen molar-refractivity contribution in [3.63, 3.8) is 0 Å². The Morgan fingerprint density at radius 2 is 2.24 bits per heavy atom. The third-order valence-electron chi connectivity index (χ3n) is 2.07. The van der Waals surface area contributed by atoms with E-state index in [0.29, 0.717) is 16.3 Å². The van der Waals surface area contributed by atoms with Crippen LogP contribution in [-0.4, -0.2) is 9.97 Å². The number of nitrogens with zero attached hydrogens (tertiary/aromatic N) is 3. The molecule has 6 heteroatoms. The number of hydrogen-bond acceptors (Lipinski definition) is 3. The summed E-state index contributed by atoms with van der Waals surface area (Å²) in [6.07, 6.45) is -1.19. The lowest BCUT2D eigenvalue weighted by Gasteiger charge is -1.99. The molecule has 0 aromatic carbocycles. The first-order chi connectivity index (χ1) is 8.20. The van der Waals surface area contributed by atoms with Gasteiger partial charge in [0.1, 0.15) is 5.69 Å². The molecule has 0 N–H and O–H groups in total. The molecule has 0 aliphatic rings. The second kappa shape index (κ2) is 4.97. The summed E-state index contributed by atoms with van der Waals surface area (Å²) >= 11 is 1.38. The third kappa shape index (κ3) is 2.63. The minimum atomic E-state index is -2.56. The van der Waals surface area contributed by atoms with Crippen LogP contribution in [-0.2, 0) is 6.54 Å². The molecule has 0 aliphatic heterocycles. The minimum absolute atomic E-state index is 0.243. The van der Waals surface area contributed by atoms with Crippen LogP contribution in [0.3, 0.4) is 0 Å². The van der Waals surface area contributed by atoms with E-state index in [9.17, 15) is 8.78 Å². The Morgan fingerprint density at radius 3 is 2.82 bits per heavy atom. The maximum absolute atomic E-state index is 12.3. The van der Waals surface area contributed by atoms with Gasteiger partial charge < -0.3 is 4.85 Å². The fraction of sp³-hybridized carbons (Fsp3) is 0.182. The van der Waals surface area contributed by atoms with Gasteiger partial charge in [-0.05, 0) is 12.1 Å². The molecule has 3 nitrogen and oxygen atoms in total. The van der Waals surface area contributed by atoms with Gasteiger partial charge in [0.2, 0.25) is 0 Å². The van der Waals surface area contributed by atoms with E-state index in [4.69, 9.17) is 6.57 Å². The van der Waals surface area contributed by atoms with Gasteiger partial charge in [-0.1, -0.05) is 0 Å². The van der Waals surface area contributed by atoms with E-state index in [-0.39, 0.29) is 12.2 Å². The molecule has 86 valence electrons. The van der Waals surface area contributed by atoms with E-state index in [2.05, 4.69) is 14.8 Å². The third-order valence-corrected chi connectivity index (χ3v) is 2.91. The SMILES string of the molecule is [C-]#[N+]Cc1nc(-c2ccc(C(F)F)nc2)cs1. The molecule has 0 spiro atoms. The molecule has 2 heterocycles. The second-order valence-electron chi connectivity index (χ2n) is 3.22. The van der Waals surface area contributed by atoms with Crippen LogP contribution >= 0.6 is 11.3 Å². The zero-order valence-electron chi connectivity index (χ0n) is 8.60. The predicted octanol–water partition coefficient (Wildman–Crippen LogP) is 3.56. The number of rotatable bonds is 3. The van der Waals surface area contributed by atoms with Crippen molar-refractivity contribution < 1.29 is 8.78 Å². The molecular weight excluding hydrogens is 244 g/mol. The molecular formula is C11H7F2N3S. The number of halogens is 2. The van der Waals surface area contributed by atoms with Gasteiger partial charge in [-0.3, -0.25) is 4.98 Å². The van der Waals surface area contributed by atoms with Crippen molar-refractivity contribution in [3.05, 3.63) is 45.8 Å². The van der Waals surface area contributed by atoms with Crippen LogP contribution in [0.2, 0.25) is 0 Å². The number of pyridine rings is 1. The first-order valence-electron chi connectivity index (χ1n) is 4.73. The Bertz CT molecular complexity index is 543. The molecule has 2 aromatic heterocycles. The summed E-state index contributed by atoms with van der Waals surface area (Å²) in [5.74, 6) is 0. The summed E-state index contributed by atoms with van der Waals surface area (Å²) in [6, 6.07) is 2.85. The Morgan fingerprint density at radius 1 is 1.41 bits per heavy atom. The Labute approximate surface area is 101 Å². The van der Waals surface area contributed by atoms with Gasteiger partial charge >= 0.3 is 0 Å². The Kier molecular flexibility index (Phi) is 3.40. The van der Waals surface area contributed by atoms with Crippen molar-refractivity contribution in [2.24, 2.45) is 0 Å². The standard InChI is InChI=1S/C11H7F2N3S/c1-14-5-10-16-9(6-17-10)7-2-3-8(11(12)13)15-4-7/h2-4,6,11H,5H2. The summed E-state index contributed by atoms with van der Waals surface area (Å²) in [6.45, 7) is 6.97. The van der Waals surface area contributed by atoms with E-state index in [1.54, 1.807) is 11.4 Å². The zero-order valence-corrected chi connectivity index (χ0v) is 9.42. The maximum Gasteiger partial charge on any atom is 0.280 e. The number of alkyl halides is 2. The van der Waals surface area contributed by atoms with E-state index >= 15 is 0 Å². The number of hydrogen-bond donors (Lipinski definition) is 0. The quantitative estimate of drug-likeness (QED) is 0.781. The minimum Gasteiger partial charge on any atom is -0.309 e. The summed E-state index contributed by atoms with van der Waals surface area (Å²) in [4.78, 5) is 11.1. The number of aromatic nitrogens is 2. The highest BCUT2D eigenvalue weighted by Gasteiger charge is 2.10. The van der Waals surface area contributed by atoms with Crippen LogP contribution in [0.4, 0.5) is 8.78 Å². The van der Waals surface area contributed by atoms with Crippen molar-refractivity contribution in [1.29, 1.82) is 0 Å². The molecule has 0 atom stereocenters. The molecule has 2 rings (SSSR count). The topological polar surface area (TPSA) is 30.1 Å². The van der Waals surface area contributed by atoms with Crippen LogP contribution in [0.15, 0.2) is 23.7 Å². The molecule has 2 aromatic rings. The molecule has 0 saturated heterocycles. The van der Waals surface area contributed by atoms with Crippen molar-refractivity contribution in [1.82, 2.24) is 9.97 Å². The average Bonchev–Trinajstić information content (AvgIpc) is 2.78. The van der Waals surface area contributed by atoms with Crippen LogP contribution in [0.5, 0.6) is 0 Å². The zero-order chi connectivity index (χ0) is 12.3. The van der Waals surface area contributed by atoms with Crippen molar-refractivity contribution in [2.45, 2.75) is 13.0 Å². The molecule has 0 saturated carbocycles. The Balaban J connectivity index is 2.24. The van der Waals surface area contributed by atoms with Gasteiger partial charge in [-0.25, -0.2) is 20.3 Å². The highest BCUT2D eigenvalue weighted by molar-refractivity contribution is 7.09. The lowest BCUT2D eigenvalue weighted by atomic mass is 10.2. The van der Waals surface area contributed by atoms with Crippen molar-refractivity contribution in [2.75, 3.05) is 0 Å². The molecule has 0 unspecified atom stereocenters. The largest absolute Gasteiger partial charge is 0.309 e. The van der Waals surface area contributed by atoms with Crippen LogP contribution in [0.1, 0.15) is 17.1 Å². The average molecular weight is 251 g/mol. The maximum atomic E-state index is 12.3. The van der Waals surface area contributed by atoms with E-state index in [1.807, 2.05) is 0 Å². The number of thiazole rings is 1. The van der Waals surface area contributed by atoms with Crippen molar-refractivity contribution in [3.8, 4) is 11.3 Å². The lowest BCUT2D eigenvalue weighted by Crippen LogP contribution is -1.90. The summed E-state index contributed by atoms with van der Waals surface area (Å²) < 4.78 is 24.6. The smallest absolute Gasteiger partial charge is 0.280 e. The lowest BCUT2D eigenvalue weighted by molar-refractivity contribution is 0.146. The van der Waals surface area contributed by atoms with E-state index in [1.165, 1.54) is 23.6 Å². The fourth-order valence-corrected chi connectivity index (χ4v) is 2.00. The van der Waals surface area contributed by atoms with Gasteiger partial charge in [0.05, 0.1) is 5.69 Å². The molecule has 0 radical (unpaired) electrons. The van der Waals surface area contributed by atoms with E-state index < -0.39 is 6.43 Å². The predicted molar refractivity (Wildman–Crippen MR) is 60.6 cm³/mol. The summed E-state index contributed by atoms with van der Waals surface area (Å²) in [7, 11) is 0. The molecule has 0 amide bonds. The molecule has 17 heavy (non-hydrogen) atoms. The summed E-state index contributed by atoms with van der Waals surface area (Å²) in [5.41, 5.74) is 1.11. The summed E-state index contributed by atoms with van der Waals surface area (Å²) in [5, 5.41) is 2.51.